The van der Waals surface area contributed by atoms with Crippen molar-refractivity contribution in [1.29, 1.82) is 0 Å². The van der Waals surface area contributed by atoms with Gasteiger partial charge in [-0.15, -0.1) is 0 Å². The SMILES string of the molecule is CC(=O)OCC1OC(n2cc(N)c3c(N)ncnc32)C(C)(OC(C)=O)C1OC(C)=O. The molecule has 162 valence electrons. The van der Waals surface area contributed by atoms with Gasteiger partial charge >= 0.3 is 17.9 Å². The van der Waals surface area contributed by atoms with E-state index in [1.54, 1.807) is 6.92 Å². The number of nitrogen functional groups attached to an aromatic ring is 2. The molecule has 0 aromatic carbocycles. The summed E-state index contributed by atoms with van der Waals surface area (Å²) < 4.78 is 23.7. The molecule has 4 unspecified atom stereocenters. The minimum absolute atomic E-state index is 0.163. The Balaban J connectivity index is 2.14. The maximum atomic E-state index is 11.9. The maximum Gasteiger partial charge on any atom is 0.303 e. The van der Waals surface area contributed by atoms with E-state index in [4.69, 9.17) is 30.4 Å². The van der Waals surface area contributed by atoms with Crippen molar-refractivity contribution >= 4 is 40.4 Å². The van der Waals surface area contributed by atoms with Crippen molar-refractivity contribution in [1.82, 2.24) is 14.5 Å². The van der Waals surface area contributed by atoms with E-state index in [1.807, 2.05) is 0 Å². The zero-order valence-electron chi connectivity index (χ0n) is 16.9. The third kappa shape index (κ3) is 3.73. The molecule has 0 radical (unpaired) electrons. The second-order valence-corrected chi connectivity index (χ2v) is 7.09. The topological polar surface area (TPSA) is 171 Å². The van der Waals surface area contributed by atoms with E-state index in [2.05, 4.69) is 9.97 Å². The van der Waals surface area contributed by atoms with E-state index >= 15 is 0 Å². The van der Waals surface area contributed by atoms with Gasteiger partial charge in [0.05, 0.1) is 11.1 Å². The average molecular weight is 421 g/mol. The van der Waals surface area contributed by atoms with Crippen LogP contribution in [0.2, 0.25) is 0 Å². The van der Waals surface area contributed by atoms with Crippen molar-refractivity contribution in [2.24, 2.45) is 0 Å². The number of carbonyl (C=O) groups excluding carboxylic acids is 3. The van der Waals surface area contributed by atoms with E-state index in [0.29, 0.717) is 11.0 Å². The molecular formula is C18H23N5O7. The Bertz CT molecular complexity index is 1010. The number of carbonyl (C=O) groups is 3. The number of ether oxygens (including phenoxy) is 4. The van der Waals surface area contributed by atoms with E-state index in [9.17, 15) is 14.4 Å². The van der Waals surface area contributed by atoms with Gasteiger partial charge in [-0.25, -0.2) is 9.97 Å². The van der Waals surface area contributed by atoms with E-state index in [-0.39, 0.29) is 18.1 Å². The molecule has 1 aliphatic heterocycles. The molecule has 1 fully saturated rings. The summed E-state index contributed by atoms with van der Waals surface area (Å²) in [7, 11) is 0. The highest BCUT2D eigenvalue weighted by Crippen LogP contribution is 2.45. The molecule has 0 saturated carbocycles. The molecule has 12 nitrogen and oxygen atoms in total. The van der Waals surface area contributed by atoms with Crippen LogP contribution in [-0.2, 0) is 33.3 Å². The van der Waals surface area contributed by atoms with Gasteiger partial charge in [0.1, 0.15) is 30.5 Å². The highest BCUT2D eigenvalue weighted by Gasteiger charge is 2.60. The molecule has 0 amide bonds. The van der Waals surface area contributed by atoms with Gasteiger partial charge in [-0.2, -0.15) is 0 Å². The molecule has 1 aliphatic rings. The summed E-state index contributed by atoms with van der Waals surface area (Å²) in [6.45, 7) is 4.98. The lowest BCUT2D eigenvalue weighted by Gasteiger charge is -2.34. The van der Waals surface area contributed by atoms with Crippen LogP contribution in [-0.4, -0.2) is 56.9 Å². The first-order chi connectivity index (χ1) is 14.0. The van der Waals surface area contributed by atoms with Crippen LogP contribution in [0, 0.1) is 0 Å². The zero-order valence-corrected chi connectivity index (χ0v) is 16.9. The fraction of sp³-hybridized carbons (Fsp3) is 0.500. The first-order valence-corrected chi connectivity index (χ1v) is 9.06. The lowest BCUT2D eigenvalue weighted by atomic mass is 9.95. The van der Waals surface area contributed by atoms with E-state index < -0.39 is 41.9 Å². The summed E-state index contributed by atoms with van der Waals surface area (Å²) >= 11 is 0. The van der Waals surface area contributed by atoms with Gasteiger partial charge in [-0.1, -0.05) is 0 Å². The van der Waals surface area contributed by atoms with Crippen molar-refractivity contribution in [3.63, 3.8) is 0 Å². The summed E-state index contributed by atoms with van der Waals surface area (Å²) in [4.78, 5) is 43.2. The second kappa shape index (κ2) is 7.78. The van der Waals surface area contributed by atoms with Gasteiger partial charge < -0.3 is 30.4 Å². The molecule has 12 heteroatoms. The van der Waals surface area contributed by atoms with E-state index in [0.717, 1.165) is 0 Å². The van der Waals surface area contributed by atoms with Crippen LogP contribution in [0.15, 0.2) is 12.5 Å². The quantitative estimate of drug-likeness (QED) is 0.503. The van der Waals surface area contributed by atoms with Crippen LogP contribution >= 0.6 is 0 Å². The minimum atomic E-state index is -1.50. The molecule has 1 saturated heterocycles. The highest BCUT2D eigenvalue weighted by molar-refractivity contribution is 5.97. The fourth-order valence-corrected chi connectivity index (χ4v) is 3.66. The highest BCUT2D eigenvalue weighted by atomic mass is 16.7. The molecule has 0 spiro atoms. The van der Waals surface area contributed by atoms with Crippen LogP contribution < -0.4 is 11.5 Å². The molecule has 3 heterocycles. The first-order valence-electron chi connectivity index (χ1n) is 9.06. The molecule has 2 aromatic rings. The van der Waals surface area contributed by atoms with Crippen LogP contribution in [0.4, 0.5) is 11.5 Å². The van der Waals surface area contributed by atoms with Crippen LogP contribution in [0.5, 0.6) is 0 Å². The smallest absolute Gasteiger partial charge is 0.303 e. The van der Waals surface area contributed by atoms with Crippen molar-refractivity contribution in [2.75, 3.05) is 18.1 Å². The van der Waals surface area contributed by atoms with Crippen LogP contribution in [0.1, 0.15) is 33.9 Å². The molecule has 2 aromatic heterocycles. The van der Waals surface area contributed by atoms with Gasteiger partial charge in [-0.05, 0) is 6.92 Å². The molecular weight excluding hydrogens is 398 g/mol. The van der Waals surface area contributed by atoms with Crippen molar-refractivity contribution in [2.45, 2.75) is 51.7 Å². The molecule has 4 atom stereocenters. The Labute approximate surface area is 171 Å². The summed E-state index contributed by atoms with van der Waals surface area (Å²) in [5.41, 5.74) is 11.1. The Morgan fingerprint density at radius 3 is 2.47 bits per heavy atom. The van der Waals surface area contributed by atoms with Crippen LogP contribution in [0.3, 0.4) is 0 Å². The molecule has 30 heavy (non-hydrogen) atoms. The Kier molecular flexibility index (Phi) is 5.53. The number of hydrogen-bond acceptors (Lipinski definition) is 11. The number of hydrogen-bond donors (Lipinski definition) is 2. The third-order valence-corrected chi connectivity index (χ3v) is 4.72. The van der Waals surface area contributed by atoms with Crippen molar-refractivity contribution in [3.05, 3.63) is 12.5 Å². The van der Waals surface area contributed by atoms with Gasteiger partial charge in [0.2, 0.25) is 0 Å². The summed E-state index contributed by atoms with van der Waals surface area (Å²) in [6, 6.07) is 0. The van der Waals surface area contributed by atoms with Gasteiger partial charge in [0.25, 0.3) is 0 Å². The van der Waals surface area contributed by atoms with Crippen LogP contribution in [0.25, 0.3) is 11.0 Å². The van der Waals surface area contributed by atoms with Crippen molar-refractivity contribution < 1.29 is 33.3 Å². The maximum absolute atomic E-state index is 11.9. The lowest BCUT2D eigenvalue weighted by molar-refractivity contribution is -0.184. The molecule has 4 N–H and O–H groups in total. The third-order valence-electron chi connectivity index (χ3n) is 4.72. The Hall–Kier alpha value is -3.41. The number of anilines is 2. The van der Waals surface area contributed by atoms with Crippen molar-refractivity contribution in [3.8, 4) is 0 Å². The summed E-state index contributed by atoms with van der Waals surface area (Å²) in [5, 5.41) is 0.402. The summed E-state index contributed by atoms with van der Waals surface area (Å²) in [6.07, 6.45) is -0.265. The number of nitrogens with two attached hydrogens (primary N) is 2. The standard InChI is InChI=1S/C18H23N5O7/c1-8(24)27-6-12-14(28-9(2)25)18(4,30-10(3)26)17(29-12)23-5-11(19)13-15(20)21-7-22-16(13)23/h5,7,12,14,17H,6,19H2,1-4H3,(H2,20,21,22). The number of nitrogens with zero attached hydrogens (tertiary/aromatic N) is 3. The number of esters is 3. The largest absolute Gasteiger partial charge is 0.463 e. The van der Waals surface area contributed by atoms with Gasteiger partial charge in [0.15, 0.2) is 17.9 Å². The zero-order chi connectivity index (χ0) is 22.2. The predicted octanol–water partition coefficient (Wildman–Crippen LogP) is 0.310. The van der Waals surface area contributed by atoms with E-state index in [1.165, 1.54) is 37.9 Å². The normalized spacial score (nSPS) is 25.8. The fourth-order valence-electron chi connectivity index (χ4n) is 3.66. The Morgan fingerprint density at radius 1 is 1.17 bits per heavy atom. The second-order valence-electron chi connectivity index (χ2n) is 7.09. The first kappa shape index (κ1) is 21.3. The lowest BCUT2D eigenvalue weighted by Crippen LogP contribution is -2.50. The van der Waals surface area contributed by atoms with Gasteiger partial charge in [0, 0.05) is 27.0 Å². The number of fused-ring (bicyclic) bond motifs is 1. The molecule has 0 bridgehead atoms. The van der Waals surface area contributed by atoms with Gasteiger partial charge in [-0.3, -0.25) is 19.0 Å². The number of aromatic nitrogens is 3. The number of rotatable bonds is 5. The molecule has 0 aliphatic carbocycles. The average Bonchev–Trinajstić information content (AvgIpc) is 3.08. The minimum Gasteiger partial charge on any atom is -0.463 e. The predicted molar refractivity (Wildman–Crippen MR) is 103 cm³/mol. The monoisotopic (exact) mass is 421 g/mol. The molecule has 3 rings (SSSR count). The summed E-state index contributed by atoms with van der Waals surface area (Å²) in [5.74, 6) is -1.64. The Morgan fingerprint density at radius 2 is 1.87 bits per heavy atom.